The molecule has 0 aliphatic rings. The number of carbonyl (C=O) groups is 1. The molecule has 0 spiro atoms. The van der Waals surface area contributed by atoms with Crippen molar-refractivity contribution in [2.24, 2.45) is 5.73 Å². The van der Waals surface area contributed by atoms with E-state index in [-0.39, 0.29) is 17.5 Å². The number of hydrogen-bond donors (Lipinski definition) is 2. The van der Waals surface area contributed by atoms with E-state index in [1.807, 2.05) is 6.92 Å². The second-order valence-corrected chi connectivity index (χ2v) is 4.10. The zero-order valence-corrected chi connectivity index (χ0v) is 10.9. The lowest BCUT2D eigenvalue weighted by Crippen LogP contribution is -2.28. The van der Waals surface area contributed by atoms with Crippen molar-refractivity contribution in [3.05, 3.63) is 28.8 Å². The first kappa shape index (κ1) is 13.7. The summed E-state index contributed by atoms with van der Waals surface area (Å²) in [4.78, 5) is 11.4. The van der Waals surface area contributed by atoms with Gasteiger partial charge < -0.3 is 15.8 Å². The van der Waals surface area contributed by atoms with Gasteiger partial charge in [0.2, 0.25) is 0 Å². The van der Waals surface area contributed by atoms with Gasteiger partial charge in [-0.1, -0.05) is 23.8 Å². The first-order valence-corrected chi connectivity index (χ1v) is 5.82. The third kappa shape index (κ3) is 4.20. The second-order valence-electron chi connectivity index (χ2n) is 3.25. The van der Waals surface area contributed by atoms with E-state index < -0.39 is 0 Å². The van der Waals surface area contributed by atoms with Crippen LogP contribution in [-0.4, -0.2) is 24.0 Å². The smallest absolute Gasteiger partial charge is 0.257 e. The summed E-state index contributed by atoms with van der Waals surface area (Å²) in [5.74, 6) is 0.236. The normalized spacial score (nSPS) is 9.76. The van der Waals surface area contributed by atoms with Crippen molar-refractivity contribution in [2.75, 3.05) is 13.2 Å². The molecular formula is C11H13ClN2O2S. The predicted molar refractivity (Wildman–Crippen MR) is 71.5 cm³/mol. The van der Waals surface area contributed by atoms with Crippen molar-refractivity contribution >= 4 is 34.7 Å². The number of rotatable bonds is 5. The number of ether oxygens (including phenoxy) is 1. The van der Waals surface area contributed by atoms with Gasteiger partial charge in [-0.05, 0) is 25.1 Å². The highest BCUT2D eigenvalue weighted by Gasteiger charge is 2.06. The van der Waals surface area contributed by atoms with Gasteiger partial charge in [0.05, 0.1) is 5.02 Å². The molecule has 0 saturated carbocycles. The highest BCUT2D eigenvalue weighted by Crippen LogP contribution is 2.25. The van der Waals surface area contributed by atoms with Gasteiger partial charge in [0.1, 0.15) is 10.7 Å². The van der Waals surface area contributed by atoms with Crippen LogP contribution in [0.5, 0.6) is 5.75 Å². The number of likely N-dealkylation sites (N-methyl/N-ethyl adjacent to an activating group) is 1. The van der Waals surface area contributed by atoms with Gasteiger partial charge in [0.15, 0.2) is 6.61 Å². The van der Waals surface area contributed by atoms with Crippen molar-refractivity contribution in [3.8, 4) is 5.75 Å². The Morgan fingerprint density at radius 1 is 1.59 bits per heavy atom. The number of halogens is 1. The van der Waals surface area contributed by atoms with Crippen LogP contribution in [0.15, 0.2) is 18.2 Å². The summed E-state index contributed by atoms with van der Waals surface area (Å²) in [5.41, 5.74) is 6.12. The summed E-state index contributed by atoms with van der Waals surface area (Å²) >= 11 is 10.8. The average molecular weight is 273 g/mol. The van der Waals surface area contributed by atoms with Crippen molar-refractivity contribution in [2.45, 2.75) is 6.92 Å². The van der Waals surface area contributed by atoms with Crippen LogP contribution in [0.25, 0.3) is 0 Å². The molecule has 1 aromatic carbocycles. The van der Waals surface area contributed by atoms with E-state index in [0.717, 1.165) is 0 Å². The average Bonchev–Trinajstić information content (AvgIpc) is 2.27. The molecule has 0 atom stereocenters. The monoisotopic (exact) mass is 272 g/mol. The maximum absolute atomic E-state index is 11.2. The number of nitrogens with one attached hydrogen (secondary N) is 1. The molecule has 1 aromatic rings. The molecule has 0 aromatic heterocycles. The van der Waals surface area contributed by atoms with Crippen LogP contribution in [0.3, 0.4) is 0 Å². The summed E-state index contributed by atoms with van der Waals surface area (Å²) in [6, 6.07) is 4.94. The summed E-state index contributed by atoms with van der Waals surface area (Å²) < 4.78 is 5.26. The third-order valence-corrected chi connectivity index (χ3v) is 2.48. The summed E-state index contributed by atoms with van der Waals surface area (Å²) in [6.45, 7) is 2.33. The molecule has 0 aliphatic heterocycles. The minimum absolute atomic E-state index is 0.0695. The van der Waals surface area contributed by atoms with E-state index in [0.29, 0.717) is 22.9 Å². The first-order valence-electron chi connectivity index (χ1n) is 5.03. The highest BCUT2D eigenvalue weighted by atomic mass is 35.5. The van der Waals surface area contributed by atoms with Crippen molar-refractivity contribution in [1.29, 1.82) is 0 Å². The predicted octanol–water partition coefficient (Wildman–Crippen LogP) is 1.49. The van der Waals surface area contributed by atoms with Crippen LogP contribution in [0.4, 0.5) is 0 Å². The number of thiocarbonyl (C=S) groups is 1. The van der Waals surface area contributed by atoms with Crippen molar-refractivity contribution in [3.63, 3.8) is 0 Å². The quantitative estimate of drug-likeness (QED) is 0.797. The molecule has 0 fully saturated rings. The molecule has 0 saturated heterocycles. The Morgan fingerprint density at radius 2 is 2.29 bits per heavy atom. The van der Waals surface area contributed by atoms with E-state index in [4.69, 9.17) is 34.3 Å². The molecule has 1 amide bonds. The van der Waals surface area contributed by atoms with E-state index >= 15 is 0 Å². The number of nitrogens with two attached hydrogens (primary N) is 1. The van der Waals surface area contributed by atoms with Crippen LogP contribution in [0.1, 0.15) is 12.5 Å². The van der Waals surface area contributed by atoms with Crippen LogP contribution < -0.4 is 15.8 Å². The van der Waals surface area contributed by atoms with Crippen molar-refractivity contribution < 1.29 is 9.53 Å². The maximum Gasteiger partial charge on any atom is 0.257 e. The molecule has 0 heterocycles. The Morgan fingerprint density at radius 3 is 2.82 bits per heavy atom. The van der Waals surface area contributed by atoms with E-state index in [1.165, 1.54) is 0 Å². The van der Waals surface area contributed by atoms with E-state index in [9.17, 15) is 4.79 Å². The lowest BCUT2D eigenvalue weighted by molar-refractivity contribution is -0.122. The minimum Gasteiger partial charge on any atom is -0.482 e. The summed E-state index contributed by atoms with van der Waals surface area (Å²) in [6.07, 6.45) is 0. The molecule has 4 nitrogen and oxygen atoms in total. The van der Waals surface area contributed by atoms with Gasteiger partial charge in [-0.2, -0.15) is 0 Å². The summed E-state index contributed by atoms with van der Waals surface area (Å²) in [5, 5.41) is 2.99. The number of amides is 1. The zero-order valence-electron chi connectivity index (χ0n) is 9.33. The first-order chi connectivity index (χ1) is 8.04. The SMILES string of the molecule is CCNC(=O)COc1ccc(C(N)=S)cc1Cl. The number of carbonyl (C=O) groups excluding carboxylic acids is 1. The minimum atomic E-state index is -0.193. The van der Waals surface area contributed by atoms with Crippen molar-refractivity contribution in [1.82, 2.24) is 5.32 Å². The molecule has 0 radical (unpaired) electrons. The highest BCUT2D eigenvalue weighted by molar-refractivity contribution is 7.80. The van der Waals surface area contributed by atoms with Crippen LogP contribution in [0.2, 0.25) is 5.02 Å². The molecule has 3 N–H and O–H groups in total. The molecule has 0 bridgehead atoms. The molecule has 1 rings (SSSR count). The maximum atomic E-state index is 11.2. The standard InChI is InChI=1S/C11H13ClN2O2S/c1-2-14-10(15)6-16-9-4-3-7(11(13)17)5-8(9)12/h3-5H,2,6H2,1H3,(H2,13,17)(H,14,15). The van der Waals surface area contributed by atoms with Gasteiger partial charge >= 0.3 is 0 Å². The molecular weight excluding hydrogens is 260 g/mol. The van der Waals surface area contributed by atoms with Gasteiger partial charge in [0.25, 0.3) is 5.91 Å². The largest absolute Gasteiger partial charge is 0.482 e. The number of benzene rings is 1. The Kier molecular flexibility index (Phi) is 5.18. The Hall–Kier alpha value is -1.33. The second kappa shape index (κ2) is 6.42. The third-order valence-electron chi connectivity index (χ3n) is 1.95. The van der Waals surface area contributed by atoms with E-state index in [2.05, 4.69) is 5.32 Å². The van der Waals surface area contributed by atoms with E-state index in [1.54, 1.807) is 18.2 Å². The van der Waals surface area contributed by atoms with Gasteiger partial charge in [-0.25, -0.2) is 0 Å². The Labute approximate surface area is 110 Å². The van der Waals surface area contributed by atoms with Crippen LogP contribution in [0, 0.1) is 0 Å². The Bertz CT molecular complexity index is 437. The van der Waals surface area contributed by atoms with Gasteiger partial charge in [-0.15, -0.1) is 0 Å². The molecule has 17 heavy (non-hydrogen) atoms. The fourth-order valence-corrected chi connectivity index (χ4v) is 1.52. The Balaban J connectivity index is 2.66. The number of hydrogen-bond acceptors (Lipinski definition) is 3. The molecule has 6 heteroatoms. The van der Waals surface area contributed by atoms with Gasteiger partial charge in [0, 0.05) is 12.1 Å². The molecule has 0 unspecified atom stereocenters. The lowest BCUT2D eigenvalue weighted by atomic mass is 10.2. The summed E-state index contributed by atoms with van der Waals surface area (Å²) in [7, 11) is 0. The molecule has 0 aliphatic carbocycles. The zero-order chi connectivity index (χ0) is 12.8. The molecule has 92 valence electrons. The van der Waals surface area contributed by atoms with Crippen LogP contribution in [-0.2, 0) is 4.79 Å². The fourth-order valence-electron chi connectivity index (χ4n) is 1.16. The fraction of sp³-hybridized carbons (Fsp3) is 0.273. The van der Waals surface area contributed by atoms with Gasteiger partial charge in [-0.3, -0.25) is 4.79 Å². The van der Waals surface area contributed by atoms with Crippen LogP contribution >= 0.6 is 23.8 Å². The lowest BCUT2D eigenvalue weighted by Gasteiger charge is -2.08. The topological polar surface area (TPSA) is 64.3 Å².